The second kappa shape index (κ2) is 13.3. The van der Waals surface area contributed by atoms with Gasteiger partial charge in [-0.25, -0.2) is 4.39 Å². The molecule has 8 unspecified atom stereocenters. The van der Waals surface area contributed by atoms with Gasteiger partial charge >= 0.3 is 0 Å². The standard InChI is InChI=1S/C38H45FN6O4/c1-43(16-13-24-8-6-7-15-40-24)38(48)28-22-45-31-11-4-5-12-32(31)49-37-34(45)27(36(28)47)19-29(39)35(37)44-17-14-25(21-44)42-33(46)18-23-20-41-30-10-3-2-9-26(23)30/h2-3,6-10,15,20,22,25,27,29,31-32,34-35,37,41H,4-5,11-14,16-19,21H2,1H3,(H,42,46). The third-order valence-electron chi connectivity index (χ3n) is 11.6. The number of ether oxygens (including phenoxy) is 1. The number of alkyl halides is 1. The van der Waals surface area contributed by atoms with Gasteiger partial charge in [0.1, 0.15) is 6.17 Å². The number of likely N-dealkylation sites (tertiary alicyclic amines) is 1. The predicted octanol–water partition coefficient (Wildman–Crippen LogP) is 3.57. The third kappa shape index (κ3) is 6.05. The van der Waals surface area contributed by atoms with Gasteiger partial charge in [-0.2, -0.15) is 0 Å². The number of fused-ring (bicyclic) bond motifs is 3. The topological polar surface area (TPSA) is 111 Å². The van der Waals surface area contributed by atoms with E-state index in [9.17, 15) is 14.4 Å². The molecule has 8 atom stereocenters. The molecule has 3 aromatic rings. The van der Waals surface area contributed by atoms with Crippen LogP contribution in [0.3, 0.4) is 0 Å². The molecule has 11 heteroatoms. The molecular formula is C38H45FN6O4. The van der Waals surface area contributed by atoms with Gasteiger partial charge in [-0.3, -0.25) is 24.3 Å². The van der Waals surface area contributed by atoms with Crippen LogP contribution in [0.25, 0.3) is 10.9 Å². The van der Waals surface area contributed by atoms with Crippen molar-refractivity contribution in [3.05, 3.63) is 77.9 Å². The lowest BCUT2D eigenvalue weighted by Gasteiger charge is -2.60. The molecule has 5 heterocycles. The molecule has 2 amide bonds. The fourth-order valence-corrected chi connectivity index (χ4v) is 9.19. The van der Waals surface area contributed by atoms with E-state index < -0.39 is 24.2 Å². The number of rotatable bonds is 8. The molecule has 1 aromatic carbocycles. The van der Waals surface area contributed by atoms with E-state index in [4.69, 9.17) is 4.74 Å². The summed E-state index contributed by atoms with van der Waals surface area (Å²) >= 11 is 0. The highest BCUT2D eigenvalue weighted by Gasteiger charge is 2.60. The minimum Gasteiger partial charge on any atom is -0.369 e. The van der Waals surface area contributed by atoms with Crippen LogP contribution in [0.15, 0.2) is 66.6 Å². The van der Waals surface area contributed by atoms with Crippen molar-refractivity contribution in [2.45, 2.75) is 93.9 Å². The first-order valence-corrected chi connectivity index (χ1v) is 17.9. The van der Waals surface area contributed by atoms with E-state index in [0.29, 0.717) is 26.1 Å². The molecule has 2 aliphatic carbocycles. The second-order valence-corrected chi connectivity index (χ2v) is 14.6. The van der Waals surface area contributed by atoms with Crippen molar-refractivity contribution in [2.24, 2.45) is 5.92 Å². The molecule has 2 N–H and O–H groups in total. The van der Waals surface area contributed by atoms with Crippen LogP contribution >= 0.6 is 0 Å². The Kier molecular flexibility index (Phi) is 8.74. The van der Waals surface area contributed by atoms with E-state index >= 15 is 4.39 Å². The Morgan fingerprint density at radius 2 is 1.94 bits per heavy atom. The van der Waals surface area contributed by atoms with Crippen LogP contribution in [0.5, 0.6) is 0 Å². The van der Waals surface area contributed by atoms with Crippen LogP contribution in [0.1, 0.15) is 49.8 Å². The summed E-state index contributed by atoms with van der Waals surface area (Å²) in [6, 6.07) is 12.8. The number of pyridine rings is 1. The molecule has 0 radical (unpaired) electrons. The summed E-state index contributed by atoms with van der Waals surface area (Å²) in [6.45, 7) is 1.60. The summed E-state index contributed by atoms with van der Waals surface area (Å²) in [5.41, 5.74) is 2.99. The van der Waals surface area contributed by atoms with E-state index in [1.807, 2.05) is 48.7 Å². The van der Waals surface area contributed by atoms with Crippen molar-refractivity contribution < 1.29 is 23.5 Å². The van der Waals surface area contributed by atoms with Gasteiger partial charge in [0.25, 0.3) is 5.91 Å². The SMILES string of the molecule is CN(CCc1ccccn1)C(=O)C1=CN2C3CCCCC3OC3C(N4CCC(NC(=O)Cc5c[nH]c6ccccc56)C4)C(F)CC(C1=O)C32. The second-order valence-electron chi connectivity index (χ2n) is 14.6. The minimum atomic E-state index is -1.30. The van der Waals surface area contributed by atoms with E-state index in [0.717, 1.165) is 54.3 Å². The maximum absolute atomic E-state index is 16.5. The number of aromatic amines is 1. The zero-order chi connectivity index (χ0) is 33.6. The van der Waals surface area contributed by atoms with Gasteiger partial charge in [0.2, 0.25) is 5.91 Å². The average Bonchev–Trinajstić information content (AvgIpc) is 3.75. The molecule has 10 nitrogen and oxygen atoms in total. The summed E-state index contributed by atoms with van der Waals surface area (Å²) in [5, 5.41) is 4.24. The fraction of sp³-hybridized carbons (Fsp3) is 0.526. The van der Waals surface area contributed by atoms with Gasteiger partial charge in [0.15, 0.2) is 5.78 Å². The number of amides is 2. The number of H-pyrrole nitrogens is 1. The van der Waals surface area contributed by atoms with Gasteiger partial charge in [-0.05, 0) is 49.4 Å². The smallest absolute Gasteiger partial charge is 0.258 e. The van der Waals surface area contributed by atoms with Gasteiger partial charge < -0.3 is 24.8 Å². The van der Waals surface area contributed by atoms with Gasteiger partial charge in [0.05, 0.1) is 42.3 Å². The predicted molar refractivity (Wildman–Crippen MR) is 182 cm³/mol. The Bertz CT molecular complexity index is 1750. The van der Waals surface area contributed by atoms with Crippen LogP contribution in [0.4, 0.5) is 4.39 Å². The molecule has 2 aromatic heterocycles. The molecule has 2 saturated heterocycles. The summed E-state index contributed by atoms with van der Waals surface area (Å²) in [6.07, 6.45) is 9.05. The lowest BCUT2D eigenvalue weighted by Crippen LogP contribution is -2.73. The summed E-state index contributed by atoms with van der Waals surface area (Å²) in [4.78, 5) is 54.6. The number of benzene rings is 1. The zero-order valence-electron chi connectivity index (χ0n) is 28.0. The number of hydrogen-bond acceptors (Lipinski definition) is 7. The van der Waals surface area contributed by atoms with Crippen LogP contribution in [-0.4, -0.2) is 111 Å². The number of hydrogen-bond donors (Lipinski definition) is 2. The highest BCUT2D eigenvalue weighted by molar-refractivity contribution is 6.20. The highest BCUT2D eigenvalue weighted by Crippen LogP contribution is 2.47. The number of likely N-dealkylation sites (N-methyl/N-ethyl adjacent to an activating group) is 1. The maximum Gasteiger partial charge on any atom is 0.258 e. The Morgan fingerprint density at radius 3 is 2.80 bits per heavy atom. The molecule has 49 heavy (non-hydrogen) atoms. The lowest BCUT2D eigenvalue weighted by molar-refractivity contribution is -0.210. The minimum absolute atomic E-state index is 0.0486. The Labute approximate surface area is 286 Å². The lowest BCUT2D eigenvalue weighted by atomic mass is 9.69. The average molecular weight is 669 g/mol. The van der Waals surface area contributed by atoms with E-state index in [1.165, 1.54) is 0 Å². The normalized spacial score (nSPS) is 31.2. The first-order chi connectivity index (χ1) is 23.9. The number of halogens is 1. The zero-order valence-corrected chi connectivity index (χ0v) is 28.0. The summed E-state index contributed by atoms with van der Waals surface area (Å²) < 4.78 is 23.4. The van der Waals surface area contributed by atoms with E-state index in [-0.39, 0.29) is 60.2 Å². The fourth-order valence-electron chi connectivity index (χ4n) is 9.19. The van der Waals surface area contributed by atoms with Crippen molar-refractivity contribution in [3.8, 4) is 0 Å². The monoisotopic (exact) mass is 668 g/mol. The number of Topliss-reactive ketones (excluding diaryl/α,β-unsaturated/α-hetero) is 1. The van der Waals surface area contributed by atoms with Gasteiger partial charge in [0, 0.05) is 80.3 Å². The number of nitrogens with one attached hydrogen (secondary N) is 2. The number of carbonyl (C=O) groups excluding carboxylic acids is 3. The van der Waals surface area contributed by atoms with Gasteiger partial charge in [-0.15, -0.1) is 0 Å². The molecule has 8 rings (SSSR count). The Morgan fingerprint density at radius 1 is 1.10 bits per heavy atom. The molecule has 0 bridgehead atoms. The van der Waals surface area contributed by atoms with Crippen molar-refractivity contribution in [3.63, 3.8) is 0 Å². The van der Waals surface area contributed by atoms with Crippen molar-refractivity contribution in [1.82, 2.24) is 30.0 Å². The highest BCUT2D eigenvalue weighted by atomic mass is 19.1. The first kappa shape index (κ1) is 32.1. The third-order valence-corrected chi connectivity index (χ3v) is 11.6. The number of ketones is 1. The molecule has 5 aliphatic rings. The number of nitrogens with zero attached hydrogens (tertiary/aromatic N) is 4. The van der Waals surface area contributed by atoms with Crippen LogP contribution in [-0.2, 0) is 32.0 Å². The number of carbonyl (C=O) groups is 3. The molecule has 0 spiro atoms. The van der Waals surface area contributed by atoms with E-state index in [1.54, 1.807) is 24.3 Å². The van der Waals surface area contributed by atoms with Crippen molar-refractivity contribution in [1.29, 1.82) is 0 Å². The largest absolute Gasteiger partial charge is 0.369 e. The molecular weight excluding hydrogens is 623 g/mol. The first-order valence-electron chi connectivity index (χ1n) is 17.9. The van der Waals surface area contributed by atoms with Crippen LogP contribution < -0.4 is 5.32 Å². The van der Waals surface area contributed by atoms with Crippen molar-refractivity contribution in [2.75, 3.05) is 26.7 Å². The summed E-state index contributed by atoms with van der Waals surface area (Å²) in [5.74, 6) is -1.30. The van der Waals surface area contributed by atoms with Gasteiger partial charge in [-0.1, -0.05) is 37.1 Å². The quantitative estimate of drug-likeness (QED) is 0.354. The van der Waals surface area contributed by atoms with E-state index in [2.05, 4.69) is 25.1 Å². The molecule has 4 fully saturated rings. The Balaban J connectivity index is 0.987. The number of aromatic nitrogens is 2. The maximum atomic E-state index is 16.5. The number of morpholine rings is 1. The molecule has 2 saturated carbocycles. The van der Waals surface area contributed by atoms with Crippen LogP contribution in [0, 0.1) is 5.92 Å². The Hall–Kier alpha value is -4.09. The van der Waals surface area contributed by atoms with Crippen molar-refractivity contribution >= 4 is 28.5 Å². The summed E-state index contributed by atoms with van der Waals surface area (Å²) in [7, 11) is 1.72. The van der Waals surface area contributed by atoms with Crippen LogP contribution in [0.2, 0.25) is 0 Å². The molecule has 3 aliphatic heterocycles. The molecule has 258 valence electrons. The number of para-hydroxylation sites is 1.